The topological polar surface area (TPSA) is 69.8 Å². The van der Waals surface area contributed by atoms with Crippen LogP contribution >= 0.6 is 0 Å². The van der Waals surface area contributed by atoms with Gasteiger partial charge in [-0.25, -0.2) is 4.79 Å². The summed E-state index contributed by atoms with van der Waals surface area (Å²) < 4.78 is 0. The molecule has 5 heteroatoms. The minimum Gasteiger partial charge on any atom is -0.478 e. The first-order chi connectivity index (χ1) is 9.93. The van der Waals surface area contributed by atoms with Crippen LogP contribution in [0.25, 0.3) is 0 Å². The molecule has 1 fully saturated rings. The van der Waals surface area contributed by atoms with Gasteiger partial charge in [0.1, 0.15) is 0 Å². The molecule has 1 aliphatic rings. The number of nitrogens with zero attached hydrogens (tertiary/aromatic N) is 2. The first-order valence-electron chi connectivity index (χ1n) is 7.52. The SMILES string of the molecule is CCN1CCCC1CN(C)c1cc(C)c(N)c(C(=O)O)c1. The average Bonchev–Trinajstić information content (AvgIpc) is 2.88. The van der Waals surface area contributed by atoms with Crippen molar-refractivity contribution in [3.8, 4) is 0 Å². The van der Waals surface area contributed by atoms with Gasteiger partial charge in [0.15, 0.2) is 0 Å². The highest BCUT2D eigenvalue weighted by Gasteiger charge is 2.24. The van der Waals surface area contributed by atoms with Gasteiger partial charge >= 0.3 is 5.97 Å². The van der Waals surface area contributed by atoms with E-state index in [4.69, 9.17) is 5.73 Å². The second-order valence-corrected chi connectivity index (χ2v) is 5.83. The summed E-state index contributed by atoms with van der Waals surface area (Å²) in [5, 5.41) is 9.25. The predicted molar refractivity (Wildman–Crippen MR) is 86.1 cm³/mol. The van der Waals surface area contributed by atoms with E-state index in [9.17, 15) is 9.90 Å². The lowest BCUT2D eigenvalue weighted by Gasteiger charge is -2.29. The third-order valence-electron chi connectivity index (χ3n) is 4.43. The molecule has 2 rings (SSSR count). The average molecular weight is 291 g/mol. The molecular formula is C16H25N3O2. The standard InChI is InChI=1S/C16H25N3O2/c1-4-19-7-5-6-12(19)10-18(3)13-8-11(2)15(17)14(9-13)16(20)21/h8-9,12H,4-7,10,17H2,1-3H3,(H,20,21). The Morgan fingerprint density at radius 2 is 2.24 bits per heavy atom. The molecule has 0 aromatic heterocycles. The second kappa shape index (κ2) is 6.35. The van der Waals surface area contributed by atoms with Gasteiger partial charge < -0.3 is 15.7 Å². The number of likely N-dealkylation sites (tertiary alicyclic amines) is 1. The number of rotatable bonds is 5. The number of anilines is 2. The zero-order chi connectivity index (χ0) is 15.6. The number of nitrogens with two attached hydrogens (primary N) is 1. The first kappa shape index (κ1) is 15.6. The van der Waals surface area contributed by atoms with Crippen molar-refractivity contribution in [3.05, 3.63) is 23.3 Å². The normalized spacial score (nSPS) is 18.9. The van der Waals surface area contributed by atoms with Crippen molar-refractivity contribution in [1.82, 2.24) is 4.90 Å². The van der Waals surface area contributed by atoms with Crippen LogP contribution in [0, 0.1) is 6.92 Å². The maximum Gasteiger partial charge on any atom is 0.337 e. The number of carboxylic acids is 1. The molecule has 3 N–H and O–H groups in total. The molecule has 1 unspecified atom stereocenters. The summed E-state index contributed by atoms with van der Waals surface area (Å²) in [5.74, 6) is -0.970. The van der Waals surface area contributed by atoms with Gasteiger partial charge in [-0.2, -0.15) is 0 Å². The summed E-state index contributed by atoms with van der Waals surface area (Å²) in [7, 11) is 2.02. The van der Waals surface area contributed by atoms with Crippen LogP contribution in [0.1, 0.15) is 35.7 Å². The fourth-order valence-corrected chi connectivity index (χ4v) is 3.12. The van der Waals surface area contributed by atoms with Crippen molar-refractivity contribution in [1.29, 1.82) is 0 Å². The molecule has 1 aromatic carbocycles. The molecule has 21 heavy (non-hydrogen) atoms. The van der Waals surface area contributed by atoms with Gasteiger partial charge in [0.25, 0.3) is 0 Å². The lowest BCUT2D eigenvalue weighted by molar-refractivity contribution is 0.0698. The highest BCUT2D eigenvalue weighted by molar-refractivity contribution is 5.95. The van der Waals surface area contributed by atoms with Crippen LogP contribution in [0.4, 0.5) is 11.4 Å². The van der Waals surface area contributed by atoms with Crippen LogP contribution < -0.4 is 10.6 Å². The van der Waals surface area contributed by atoms with E-state index in [2.05, 4.69) is 16.7 Å². The van der Waals surface area contributed by atoms with E-state index in [1.807, 2.05) is 20.0 Å². The van der Waals surface area contributed by atoms with Crippen LogP contribution in [-0.4, -0.2) is 48.7 Å². The number of nitrogen functional groups attached to an aromatic ring is 1. The van der Waals surface area contributed by atoms with Gasteiger partial charge in [-0.3, -0.25) is 4.90 Å². The molecule has 1 saturated heterocycles. The molecule has 0 saturated carbocycles. The molecule has 1 atom stereocenters. The summed E-state index contributed by atoms with van der Waals surface area (Å²) in [4.78, 5) is 15.9. The maximum atomic E-state index is 11.3. The van der Waals surface area contributed by atoms with Gasteiger partial charge in [-0.05, 0) is 50.6 Å². The summed E-state index contributed by atoms with van der Waals surface area (Å²) in [6.45, 7) is 7.19. The molecule has 0 amide bonds. The molecule has 1 aromatic rings. The number of benzene rings is 1. The summed E-state index contributed by atoms with van der Waals surface area (Å²) in [6.07, 6.45) is 2.45. The molecule has 0 bridgehead atoms. The van der Waals surface area contributed by atoms with E-state index in [1.54, 1.807) is 6.07 Å². The highest BCUT2D eigenvalue weighted by Crippen LogP contribution is 2.26. The van der Waals surface area contributed by atoms with Crippen LogP contribution in [0.5, 0.6) is 0 Å². The van der Waals surface area contributed by atoms with Crippen molar-refractivity contribution in [2.45, 2.75) is 32.7 Å². The van der Waals surface area contributed by atoms with E-state index in [0.29, 0.717) is 11.7 Å². The molecule has 1 aliphatic heterocycles. The fourth-order valence-electron chi connectivity index (χ4n) is 3.12. The molecule has 116 valence electrons. The number of aryl methyl sites for hydroxylation is 1. The number of hydrogen-bond acceptors (Lipinski definition) is 4. The Balaban J connectivity index is 2.19. The largest absolute Gasteiger partial charge is 0.478 e. The molecule has 0 spiro atoms. The van der Waals surface area contributed by atoms with E-state index in [-0.39, 0.29) is 5.56 Å². The molecule has 5 nitrogen and oxygen atoms in total. The Morgan fingerprint density at radius 1 is 1.52 bits per heavy atom. The third kappa shape index (κ3) is 3.29. The lowest BCUT2D eigenvalue weighted by atomic mass is 10.1. The van der Waals surface area contributed by atoms with Gasteiger partial charge in [0, 0.05) is 31.0 Å². The van der Waals surface area contributed by atoms with E-state index >= 15 is 0 Å². The number of aromatic carboxylic acids is 1. The second-order valence-electron chi connectivity index (χ2n) is 5.83. The molecule has 1 heterocycles. The number of likely N-dealkylation sites (N-methyl/N-ethyl adjacent to an activating group) is 2. The highest BCUT2D eigenvalue weighted by atomic mass is 16.4. The monoisotopic (exact) mass is 291 g/mol. The van der Waals surface area contributed by atoms with Gasteiger partial charge in [0.05, 0.1) is 5.56 Å². The number of carboxylic acid groups (broad SMARTS) is 1. The minimum atomic E-state index is -0.970. The Hall–Kier alpha value is -1.75. The Labute approximate surface area is 126 Å². The summed E-state index contributed by atoms with van der Waals surface area (Å²) >= 11 is 0. The van der Waals surface area contributed by atoms with E-state index in [0.717, 1.165) is 30.9 Å². The maximum absolute atomic E-state index is 11.3. The van der Waals surface area contributed by atoms with Crippen LogP contribution in [0.15, 0.2) is 12.1 Å². The zero-order valence-electron chi connectivity index (χ0n) is 13.1. The van der Waals surface area contributed by atoms with Gasteiger partial charge in [0.2, 0.25) is 0 Å². The number of carbonyl (C=O) groups is 1. The van der Waals surface area contributed by atoms with Gasteiger partial charge in [-0.1, -0.05) is 6.92 Å². The lowest BCUT2D eigenvalue weighted by Crippen LogP contribution is -2.38. The van der Waals surface area contributed by atoms with Crippen molar-refractivity contribution in [2.75, 3.05) is 37.3 Å². The minimum absolute atomic E-state index is 0.190. The van der Waals surface area contributed by atoms with E-state index in [1.165, 1.54) is 12.8 Å². The molecule has 0 aliphatic carbocycles. The smallest absolute Gasteiger partial charge is 0.337 e. The quantitative estimate of drug-likeness (QED) is 0.814. The summed E-state index contributed by atoms with van der Waals surface area (Å²) in [6, 6.07) is 4.19. The molecule has 0 radical (unpaired) electrons. The zero-order valence-corrected chi connectivity index (χ0v) is 13.1. The Bertz CT molecular complexity index is 530. The third-order valence-corrected chi connectivity index (χ3v) is 4.43. The fraction of sp³-hybridized carbons (Fsp3) is 0.562. The van der Waals surface area contributed by atoms with Crippen molar-refractivity contribution in [3.63, 3.8) is 0 Å². The van der Waals surface area contributed by atoms with Crippen LogP contribution in [0.2, 0.25) is 0 Å². The predicted octanol–water partition coefficient (Wildman–Crippen LogP) is 2.20. The number of hydrogen-bond donors (Lipinski definition) is 2. The summed E-state index contributed by atoms with van der Waals surface area (Å²) in [5.41, 5.74) is 8.13. The van der Waals surface area contributed by atoms with Crippen LogP contribution in [-0.2, 0) is 0 Å². The molecular weight excluding hydrogens is 266 g/mol. The Morgan fingerprint density at radius 3 is 2.86 bits per heavy atom. The van der Waals surface area contributed by atoms with Gasteiger partial charge in [-0.15, -0.1) is 0 Å². The first-order valence-corrected chi connectivity index (χ1v) is 7.52. The van der Waals surface area contributed by atoms with Crippen molar-refractivity contribution in [2.24, 2.45) is 0 Å². The van der Waals surface area contributed by atoms with Crippen molar-refractivity contribution < 1.29 is 9.90 Å². The van der Waals surface area contributed by atoms with E-state index < -0.39 is 5.97 Å². The van der Waals surface area contributed by atoms with Crippen LogP contribution in [0.3, 0.4) is 0 Å². The van der Waals surface area contributed by atoms with Crippen molar-refractivity contribution >= 4 is 17.3 Å². The Kier molecular flexibility index (Phi) is 4.73.